The first-order valence-electron chi connectivity index (χ1n) is 11.7. The molecule has 6 heteroatoms. The number of nitrogens with one attached hydrogen (secondary N) is 2. The fourth-order valence-electron chi connectivity index (χ4n) is 5.56. The molecule has 2 N–H and O–H groups in total. The Hall–Kier alpha value is -1.95. The van der Waals surface area contributed by atoms with Crippen LogP contribution in [0.5, 0.6) is 0 Å². The summed E-state index contributed by atoms with van der Waals surface area (Å²) in [5.41, 5.74) is 0.897. The van der Waals surface area contributed by atoms with Gasteiger partial charge in [0, 0.05) is 30.6 Å². The van der Waals surface area contributed by atoms with E-state index in [1.54, 1.807) is 12.1 Å². The third-order valence-corrected chi connectivity index (χ3v) is 7.18. The van der Waals surface area contributed by atoms with Crippen molar-refractivity contribution >= 4 is 11.8 Å². The third-order valence-electron chi connectivity index (χ3n) is 7.18. The minimum Gasteiger partial charge on any atom is -0.353 e. The first-order valence-corrected chi connectivity index (χ1v) is 11.7. The number of nitrogens with zero attached hydrogens (tertiary/aromatic N) is 1. The molecule has 0 radical (unpaired) electrons. The Morgan fingerprint density at radius 1 is 0.933 bits per heavy atom. The Morgan fingerprint density at radius 2 is 1.60 bits per heavy atom. The van der Waals surface area contributed by atoms with Gasteiger partial charge in [-0.05, 0) is 56.2 Å². The predicted octanol–water partition coefficient (Wildman–Crippen LogP) is 3.52. The van der Waals surface area contributed by atoms with E-state index in [-0.39, 0.29) is 29.6 Å². The molecular formula is C24H34FN3O2. The summed E-state index contributed by atoms with van der Waals surface area (Å²) < 4.78 is 13.0. The summed E-state index contributed by atoms with van der Waals surface area (Å²) in [5.74, 6) is 0.203. The van der Waals surface area contributed by atoms with Crippen LogP contribution in [-0.4, -0.2) is 41.4 Å². The van der Waals surface area contributed by atoms with Crippen LogP contribution in [0.2, 0.25) is 0 Å². The smallest absolute Gasteiger partial charge is 0.234 e. The zero-order valence-corrected chi connectivity index (χ0v) is 17.7. The second kappa shape index (κ2) is 9.90. The molecule has 3 fully saturated rings. The minimum atomic E-state index is -0.267. The van der Waals surface area contributed by atoms with Crippen molar-refractivity contribution in [2.75, 3.05) is 6.54 Å². The van der Waals surface area contributed by atoms with E-state index in [1.165, 1.54) is 37.8 Å². The van der Waals surface area contributed by atoms with Gasteiger partial charge in [0.2, 0.25) is 11.8 Å². The van der Waals surface area contributed by atoms with E-state index in [4.69, 9.17) is 0 Å². The summed E-state index contributed by atoms with van der Waals surface area (Å²) in [7, 11) is 0. The van der Waals surface area contributed by atoms with Gasteiger partial charge in [0.1, 0.15) is 5.82 Å². The maximum atomic E-state index is 13.0. The van der Waals surface area contributed by atoms with Crippen LogP contribution >= 0.6 is 0 Å². The van der Waals surface area contributed by atoms with Gasteiger partial charge in [0.15, 0.2) is 0 Å². The molecule has 1 aromatic carbocycles. The lowest BCUT2D eigenvalue weighted by molar-refractivity contribution is -0.129. The second-order valence-electron chi connectivity index (χ2n) is 9.33. The lowest BCUT2D eigenvalue weighted by atomic mass is 9.81. The lowest BCUT2D eigenvalue weighted by Crippen LogP contribution is -2.59. The van der Waals surface area contributed by atoms with Gasteiger partial charge in [0.05, 0.1) is 6.54 Å². The number of piperidine rings is 2. The van der Waals surface area contributed by atoms with Gasteiger partial charge in [-0.1, -0.05) is 37.8 Å². The topological polar surface area (TPSA) is 61.4 Å². The van der Waals surface area contributed by atoms with Crippen LogP contribution in [0, 0.1) is 11.7 Å². The maximum absolute atomic E-state index is 13.0. The van der Waals surface area contributed by atoms with Gasteiger partial charge >= 0.3 is 0 Å². The number of hydrogen-bond donors (Lipinski definition) is 2. The van der Waals surface area contributed by atoms with Crippen molar-refractivity contribution in [2.24, 2.45) is 5.92 Å². The fourth-order valence-corrected chi connectivity index (χ4v) is 5.56. The van der Waals surface area contributed by atoms with Crippen molar-refractivity contribution < 1.29 is 14.0 Å². The third kappa shape index (κ3) is 5.39. The Balaban J connectivity index is 1.27. The monoisotopic (exact) mass is 415 g/mol. The molecule has 2 heterocycles. The van der Waals surface area contributed by atoms with E-state index in [0.717, 1.165) is 44.1 Å². The number of fused-ring (bicyclic) bond motifs is 2. The first-order chi connectivity index (χ1) is 14.6. The maximum Gasteiger partial charge on any atom is 0.234 e. The van der Waals surface area contributed by atoms with Crippen molar-refractivity contribution in [1.82, 2.24) is 15.5 Å². The number of carbonyl (C=O) groups excluding carboxylic acids is 2. The van der Waals surface area contributed by atoms with Crippen LogP contribution < -0.4 is 10.6 Å². The molecule has 1 aromatic rings. The number of rotatable bonds is 6. The summed E-state index contributed by atoms with van der Waals surface area (Å²) in [6.07, 6.45) is 11.0. The van der Waals surface area contributed by atoms with Crippen molar-refractivity contribution in [3.05, 3.63) is 35.6 Å². The second-order valence-corrected chi connectivity index (χ2v) is 9.33. The Bertz CT molecular complexity index is 718. The van der Waals surface area contributed by atoms with Crippen LogP contribution in [0.4, 0.5) is 4.39 Å². The molecule has 2 atom stereocenters. The number of carbonyl (C=O) groups is 2. The highest BCUT2D eigenvalue weighted by Crippen LogP contribution is 2.34. The van der Waals surface area contributed by atoms with Gasteiger partial charge in [-0.25, -0.2) is 4.39 Å². The van der Waals surface area contributed by atoms with Gasteiger partial charge in [-0.2, -0.15) is 0 Å². The van der Waals surface area contributed by atoms with Crippen LogP contribution in [0.3, 0.4) is 0 Å². The summed E-state index contributed by atoms with van der Waals surface area (Å²) in [6, 6.07) is 7.20. The fraction of sp³-hybridized carbons (Fsp3) is 0.667. The average Bonchev–Trinajstić information content (AvgIpc) is 2.74. The van der Waals surface area contributed by atoms with Gasteiger partial charge < -0.3 is 10.6 Å². The van der Waals surface area contributed by atoms with E-state index < -0.39 is 0 Å². The predicted molar refractivity (Wildman–Crippen MR) is 114 cm³/mol. The standard InChI is InChI=1S/C24H34FN3O2/c25-19-11-9-17(10-12-19)15-26-23(29)16-28-21-7-4-8-22(28)14-20(13-21)27-24(30)18-5-2-1-3-6-18/h9-12,18,20-22H,1-8,13-16H2,(H,26,29)(H,27,30)/t21-,22-/m0/s1. The molecular weight excluding hydrogens is 381 g/mol. The van der Waals surface area contributed by atoms with E-state index >= 15 is 0 Å². The van der Waals surface area contributed by atoms with Crippen molar-refractivity contribution in [3.8, 4) is 0 Å². The molecule has 2 amide bonds. The quantitative estimate of drug-likeness (QED) is 0.747. The zero-order chi connectivity index (χ0) is 20.9. The van der Waals surface area contributed by atoms with Crippen LogP contribution in [0.15, 0.2) is 24.3 Å². The van der Waals surface area contributed by atoms with Crippen LogP contribution in [0.1, 0.15) is 69.8 Å². The molecule has 164 valence electrons. The minimum absolute atomic E-state index is 0.0147. The molecule has 1 saturated carbocycles. The van der Waals surface area contributed by atoms with Gasteiger partial charge in [0.25, 0.3) is 0 Å². The number of hydrogen-bond acceptors (Lipinski definition) is 3. The van der Waals surface area contributed by atoms with Crippen molar-refractivity contribution in [2.45, 2.75) is 88.9 Å². The summed E-state index contributed by atoms with van der Waals surface area (Å²) >= 11 is 0. The molecule has 3 aliphatic rings. The molecule has 2 aliphatic heterocycles. The van der Waals surface area contributed by atoms with Crippen molar-refractivity contribution in [1.29, 1.82) is 0 Å². The lowest BCUT2D eigenvalue weighted by Gasteiger charge is -2.48. The Labute approximate surface area is 178 Å². The van der Waals surface area contributed by atoms with E-state index in [9.17, 15) is 14.0 Å². The highest BCUT2D eigenvalue weighted by atomic mass is 19.1. The van der Waals surface area contributed by atoms with E-state index in [0.29, 0.717) is 25.2 Å². The molecule has 0 spiro atoms. The number of halogens is 1. The molecule has 2 bridgehead atoms. The summed E-state index contributed by atoms with van der Waals surface area (Å²) in [4.78, 5) is 27.6. The zero-order valence-electron chi connectivity index (χ0n) is 17.7. The summed E-state index contributed by atoms with van der Waals surface area (Å²) in [5, 5.41) is 6.31. The largest absolute Gasteiger partial charge is 0.353 e. The van der Waals surface area contributed by atoms with Gasteiger partial charge in [-0.3, -0.25) is 14.5 Å². The molecule has 0 unspecified atom stereocenters. The summed E-state index contributed by atoms with van der Waals surface area (Å²) in [6.45, 7) is 0.822. The van der Waals surface area contributed by atoms with E-state index in [1.807, 2.05) is 0 Å². The molecule has 2 saturated heterocycles. The molecule has 5 nitrogen and oxygen atoms in total. The van der Waals surface area contributed by atoms with Gasteiger partial charge in [-0.15, -0.1) is 0 Å². The van der Waals surface area contributed by atoms with Crippen LogP contribution in [-0.2, 0) is 16.1 Å². The normalized spacial score (nSPS) is 27.4. The number of benzene rings is 1. The SMILES string of the molecule is O=C(CN1[C@H]2CCC[C@H]1CC(NC(=O)C1CCCCC1)C2)NCc1ccc(F)cc1. The molecule has 4 rings (SSSR count). The molecule has 30 heavy (non-hydrogen) atoms. The Kier molecular flexibility index (Phi) is 7.03. The highest BCUT2D eigenvalue weighted by molar-refractivity contribution is 5.79. The highest BCUT2D eigenvalue weighted by Gasteiger charge is 2.39. The molecule has 1 aliphatic carbocycles. The first kappa shape index (κ1) is 21.3. The number of amides is 2. The van der Waals surface area contributed by atoms with Crippen LogP contribution in [0.25, 0.3) is 0 Å². The van der Waals surface area contributed by atoms with E-state index in [2.05, 4.69) is 15.5 Å². The molecule has 0 aromatic heterocycles. The average molecular weight is 416 g/mol. The Morgan fingerprint density at radius 3 is 2.27 bits per heavy atom. The van der Waals surface area contributed by atoms with Crippen molar-refractivity contribution in [3.63, 3.8) is 0 Å².